The number of aliphatic imine (C=N–C) groups is 1. The SMILES string of the molecule is CCNC(=NCc1ccc(N2CCCC2=O)cc1)NCC(CC)N1CCCC1. The average Bonchev–Trinajstić information content (AvgIpc) is 3.39. The first-order chi connectivity index (χ1) is 13.7. The van der Waals surface area contributed by atoms with E-state index in [0.717, 1.165) is 49.7 Å². The predicted octanol–water partition coefficient (Wildman–Crippen LogP) is 2.74. The van der Waals surface area contributed by atoms with E-state index in [1.165, 1.54) is 25.9 Å². The first-order valence-electron chi connectivity index (χ1n) is 10.9. The highest BCUT2D eigenvalue weighted by molar-refractivity contribution is 5.95. The van der Waals surface area contributed by atoms with Gasteiger partial charge in [-0.1, -0.05) is 19.1 Å². The molecule has 0 spiro atoms. The molecule has 1 unspecified atom stereocenters. The number of nitrogens with zero attached hydrogens (tertiary/aromatic N) is 3. The maximum atomic E-state index is 11.9. The third-order valence-corrected chi connectivity index (χ3v) is 5.72. The van der Waals surface area contributed by atoms with Crippen molar-refractivity contribution in [2.45, 2.75) is 58.5 Å². The van der Waals surface area contributed by atoms with E-state index in [-0.39, 0.29) is 5.91 Å². The first kappa shape index (κ1) is 20.6. The molecule has 2 aliphatic heterocycles. The van der Waals surface area contributed by atoms with Gasteiger partial charge in [0.15, 0.2) is 5.96 Å². The molecule has 154 valence electrons. The second kappa shape index (κ2) is 10.5. The molecule has 2 aliphatic rings. The summed E-state index contributed by atoms with van der Waals surface area (Å²) in [6.45, 7) is 10.0. The molecule has 0 aromatic heterocycles. The van der Waals surface area contributed by atoms with Crippen LogP contribution in [0.25, 0.3) is 0 Å². The molecule has 3 rings (SSSR count). The minimum absolute atomic E-state index is 0.230. The molecule has 2 fully saturated rings. The van der Waals surface area contributed by atoms with E-state index in [9.17, 15) is 4.79 Å². The summed E-state index contributed by atoms with van der Waals surface area (Å²) in [6.07, 6.45) is 5.43. The van der Waals surface area contributed by atoms with Crippen LogP contribution in [0.4, 0.5) is 5.69 Å². The number of hydrogen-bond donors (Lipinski definition) is 2. The number of likely N-dealkylation sites (tertiary alicyclic amines) is 1. The minimum Gasteiger partial charge on any atom is -0.357 e. The quantitative estimate of drug-likeness (QED) is 0.534. The number of guanidine groups is 1. The standard InChI is InChI=1S/C22H35N5O/c1-3-19(26-13-5-6-14-26)17-25-22(23-4-2)24-16-18-9-11-20(12-10-18)27-15-7-8-21(27)28/h9-12,19H,3-8,13-17H2,1-2H3,(H2,23,24,25). The highest BCUT2D eigenvalue weighted by Crippen LogP contribution is 2.21. The Morgan fingerprint density at radius 3 is 2.43 bits per heavy atom. The molecule has 1 aromatic rings. The Morgan fingerprint density at radius 1 is 1.07 bits per heavy atom. The molecule has 1 atom stereocenters. The molecule has 6 nitrogen and oxygen atoms in total. The third-order valence-electron chi connectivity index (χ3n) is 5.72. The zero-order valence-corrected chi connectivity index (χ0v) is 17.4. The molecule has 28 heavy (non-hydrogen) atoms. The van der Waals surface area contributed by atoms with E-state index < -0.39 is 0 Å². The molecule has 0 saturated carbocycles. The first-order valence-corrected chi connectivity index (χ1v) is 10.9. The van der Waals surface area contributed by atoms with Crippen molar-refractivity contribution >= 4 is 17.6 Å². The van der Waals surface area contributed by atoms with Gasteiger partial charge in [0.1, 0.15) is 0 Å². The van der Waals surface area contributed by atoms with Crippen LogP contribution in [0.1, 0.15) is 51.5 Å². The largest absolute Gasteiger partial charge is 0.357 e. The zero-order valence-electron chi connectivity index (χ0n) is 17.4. The zero-order chi connectivity index (χ0) is 19.8. The molecule has 6 heteroatoms. The lowest BCUT2D eigenvalue weighted by atomic mass is 10.2. The fourth-order valence-corrected chi connectivity index (χ4v) is 4.07. The number of anilines is 1. The Bertz CT molecular complexity index is 651. The van der Waals surface area contributed by atoms with Crippen LogP contribution in [0.5, 0.6) is 0 Å². The Kier molecular flexibility index (Phi) is 7.71. The van der Waals surface area contributed by atoms with E-state index in [1.54, 1.807) is 0 Å². The molecule has 2 heterocycles. The van der Waals surface area contributed by atoms with Crippen molar-refractivity contribution in [2.75, 3.05) is 37.6 Å². The highest BCUT2D eigenvalue weighted by atomic mass is 16.2. The summed E-state index contributed by atoms with van der Waals surface area (Å²) in [4.78, 5) is 21.1. The smallest absolute Gasteiger partial charge is 0.227 e. The van der Waals surface area contributed by atoms with Gasteiger partial charge in [0.25, 0.3) is 0 Å². The van der Waals surface area contributed by atoms with Gasteiger partial charge in [0.05, 0.1) is 6.54 Å². The van der Waals surface area contributed by atoms with Crippen LogP contribution in [0, 0.1) is 0 Å². The van der Waals surface area contributed by atoms with Crippen LogP contribution in [0.3, 0.4) is 0 Å². The molecular formula is C22H35N5O. The van der Waals surface area contributed by atoms with Gasteiger partial charge in [-0.05, 0) is 63.4 Å². The maximum Gasteiger partial charge on any atom is 0.227 e. The van der Waals surface area contributed by atoms with Crippen molar-refractivity contribution in [3.63, 3.8) is 0 Å². The molecule has 0 radical (unpaired) electrons. The van der Waals surface area contributed by atoms with E-state index in [4.69, 9.17) is 4.99 Å². The normalized spacial score (nSPS) is 19.3. The van der Waals surface area contributed by atoms with Crippen LogP contribution in [-0.2, 0) is 11.3 Å². The number of carbonyl (C=O) groups excluding carboxylic acids is 1. The summed E-state index contributed by atoms with van der Waals surface area (Å²) in [5.74, 6) is 1.10. The molecule has 2 saturated heterocycles. The lowest BCUT2D eigenvalue weighted by Gasteiger charge is -2.27. The van der Waals surface area contributed by atoms with Crippen molar-refractivity contribution < 1.29 is 4.79 Å². The Balaban J connectivity index is 1.55. The van der Waals surface area contributed by atoms with Crippen LogP contribution in [0.15, 0.2) is 29.3 Å². The van der Waals surface area contributed by atoms with Gasteiger partial charge >= 0.3 is 0 Å². The van der Waals surface area contributed by atoms with Gasteiger partial charge in [-0.15, -0.1) is 0 Å². The van der Waals surface area contributed by atoms with Crippen LogP contribution in [0.2, 0.25) is 0 Å². The number of hydrogen-bond acceptors (Lipinski definition) is 3. The van der Waals surface area contributed by atoms with Gasteiger partial charge in [0, 0.05) is 37.8 Å². The third kappa shape index (κ3) is 5.47. The summed E-state index contributed by atoms with van der Waals surface area (Å²) >= 11 is 0. The van der Waals surface area contributed by atoms with Crippen molar-refractivity contribution in [3.8, 4) is 0 Å². The maximum absolute atomic E-state index is 11.9. The number of rotatable bonds is 8. The lowest BCUT2D eigenvalue weighted by Crippen LogP contribution is -2.46. The topological polar surface area (TPSA) is 60.0 Å². The van der Waals surface area contributed by atoms with Crippen molar-refractivity contribution in [2.24, 2.45) is 4.99 Å². The van der Waals surface area contributed by atoms with Gasteiger partial charge in [-0.2, -0.15) is 0 Å². The van der Waals surface area contributed by atoms with Crippen molar-refractivity contribution in [3.05, 3.63) is 29.8 Å². The fraction of sp³-hybridized carbons (Fsp3) is 0.636. The van der Waals surface area contributed by atoms with Gasteiger partial charge in [-0.25, -0.2) is 4.99 Å². The minimum atomic E-state index is 0.230. The van der Waals surface area contributed by atoms with Gasteiger partial charge < -0.3 is 15.5 Å². The lowest BCUT2D eigenvalue weighted by molar-refractivity contribution is -0.117. The van der Waals surface area contributed by atoms with E-state index in [0.29, 0.717) is 19.0 Å². The summed E-state index contributed by atoms with van der Waals surface area (Å²) in [7, 11) is 0. The van der Waals surface area contributed by atoms with Crippen molar-refractivity contribution in [1.82, 2.24) is 15.5 Å². The van der Waals surface area contributed by atoms with Gasteiger partial charge in [-0.3, -0.25) is 9.69 Å². The Hall–Kier alpha value is -2.08. The molecule has 0 aliphatic carbocycles. The van der Waals surface area contributed by atoms with E-state index in [2.05, 4.69) is 41.5 Å². The fourth-order valence-electron chi connectivity index (χ4n) is 4.07. The number of benzene rings is 1. The van der Waals surface area contributed by atoms with Crippen molar-refractivity contribution in [1.29, 1.82) is 0 Å². The second-order valence-electron chi connectivity index (χ2n) is 7.70. The number of nitrogens with one attached hydrogen (secondary N) is 2. The van der Waals surface area contributed by atoms with Crippen LogP contribution < -0.4 is 15.5 Å². The Morgan fingerprint density at radius 2 is 1.82 bits per heavy atom. The number of amides is 1. The number of carbonyl (C=O) groups is 1. The summed E-state index contributed by atoms with van der Waals surface area (Å²) in [5, 5.41) is 6.88. The summed E-state index contributed by atoms with van der Waals surface area (Å²) in [6, 6.07) is 8.80. The van der Waals surface area contributed by atoms with Crippen LogP contribution in [-0.4, -0.2) is 55.5 Å². The van der Waals surface area contributed by atoms with Crippen LogP contribution >= 0.6 is 0 Å². The van der Waals surface area contributed by atoms with E-state index in [1.807, 2.05) is 17.0 Å². The molecule has 2 N–H and O–H groups in total. The average molecular weight is 386 g/mol. The van der Waals surface area contributed by atoms with E-state index >= 15 is 0 Å². The molecule has 1 aromatic carbocycles. The monoisotopic (exact) mass is 385 g/mol. The molecular weight excluding hydrogens is 350 g/mol. The second-order valence-corrected chi connectivity index (χ2v) is 7.70. The summed E-state index contributed by atoms with van der Waals surface area (Å²) < 4.78 is 0. The predicted molar refractivity (Wildman–Crippen MR) is 116 cm³/mol. The summed E-state index contributed by atoms with van der Waals surface area (Å²) in [5.41, 5.74) is 2.15. The molecule has 1 amide bonds. The molecule has 0 bridgehead atoms. The van der Waals surface area contributed by atoms with Gasteiger partial charge in [0.2, 0.25) is 5.91 Å². The highest BCUT2D eigenvalue weighted by Gasteiger charge is 2.22. The Labute approximate surface area is 169 Å².